The van der Waals surface area contributed by atoms with Crippen molar-refractivity contribution in [1.29, 1.82) is 0 Å². The van der Waals surface area contributed by atoms with Gasteiger partial charge in [0.1, 0.15) is 6.10 Å². The van der Waals surface area contributed by atoms with E-state index in [9.17, 15) is 9.59 Å². The van der Waals surface area contributed by atoms with Gasteiger partial charge in [-0.3, -0.25) is 4.79 Å². The number of carboxylic acid groups (broad SMARTS) is 1. The number of hydrogen-bond donors (Lipinski definition) is 1. The van der Waals surface area contributed by atoms with Gasteiger partial charge in [0.05, 0.1) is 17.7 Å². The van der Waals surface area contributed by atoms with Gasteiger partial charge < -0.3 is 9.94 Å². The lowest BCUT2D eigenvalue weighted by Crippen LogP contribution is -2.16. The summed E-state index contributed by atoms with van der Waals surface area (Å²) in [5.41, 5.74) is 1.09. The van der Waals surface area contributed by atoms with E-state index in [1.165, 1.54) is 12.1 Å². The summed E-state index contributed by atoms with van der Waals surface area (Å²) in [4.78, 5) is 28.1. The van der Waals surface area contributed by atoms with E-state index in [4.69, 9.17) is 9.94 Å². The summed E-state index contributed by atoms with van der Waals surface area (Å²) in [5, 5.41) is 12.8. The Hall–Kier alpha value is -2.17. The summed E-state index contributed by atoms with van der Waals surface area (Å²) in [6.07, 6.45) is 0.478. The molecule has 1 unspecified atom stereocenters. The number of ketones is 1. The van der Waals surface area contributed by atoms with E-state index < -0.39 is 5.97 Å². The summed E-state index contributed by atoms with van der Waals surface area (Å²) >= 11 is 0. The van der Waals surface area contributed by atoms with E-state index in [-0.39, 0.29) is 29.4 Å². The molecule has 1 N–H and O–H groups in total. The molecular formula is C13H13NO4. The molecular weight excluding hydrogens is 234 g/mol. The smallest absolute Gasteiger partial charge is 0.336 e. The van der Waals surface area contributed by atoms with Crippen molar-refractivity contribution in [3.63, 3.8) is 0 Å². The molecule has 1 aromatic carbocycles. The van der Waals surface area contributed by atoms with Gasteiger partial charge in [0.2, 0.25) is 0 Å². The van der Waals surface area contributed by atoms with Crippen LogP contribution in [0.3, 0.4) is 0 Å². The Morgan fingerprint density at radius 1 is 1.39 bits per heavy atom. The Kier molecular flexibility index (Phi) is 3.41. The molecule has 0 bridgehead atoms. The first-order valence-corrected chi connectivity index (χ1v) is 5.62. The van der Waals surface area contributed by atoms with Gasteiger partial charge in [-0.2, -0.15) is 0 Å². The Labute approximate surface area is 104 Å². The van der Waals surface area contributed by atoms with Gasteiger partial charge in [-0.05, 0) is 13.0 Å². The van der Waals surface area contributed by atoms with Crippen molar-refractivity contribution in [2.75, 3.05) is 0 Å². The molecule has 0 saturated heterocycles. The number of hydrogen-bond acceptors (Lipinski definition) is 4. The Balaban J connectivity index is 2.12. The van der Waals surface area contributed by atoms with Crippen LogP contribution in [0.1, 0.15) is 40.5 Å². The van der Waals surface area contributed by atoms with E-state index >= 15 is 0 Å². The SMILES string of the molecule is CC1=NOC(CC(=O)c2ccccc2C(=O)O)C1. The predicted molar refractivity (Wildman–Crippen MR) is 64.9 cm³/mol. The minimum Gasteiger partial charge on any atom is -0.478 e. The summed E-state index contributed by atoms with van der Waals surface area (Å²) in [6.45, 7) is 1.83. The average Bonchev–Trinajstić information content (AvgIpc) is 2.74. The lowest BCUT2D eigenvalue weighted by Gasteiger charge is -2.08. The zero-order valence-corrected chi connectivity index (χ0v) is 9.92. The molecule has 0 saturated carbocycles. The van der Waals surface area contributed by atoms with Crippen molar-refractivity contribution in [2.24, 2.45) is 5.16 Å². The van der Waals surface area contributed by atoms with Crippen LogP contribution in [0.25, 0.3) is 0 Å². The van der Waals surface area contributed by atoms with Crippen LogP contribution >= 0.6 is 0 Å². The molecule has 0 radical (unpaired) electrons. The molecule has 0 spiro atoms. The zero-order valence-electron chi connectivity index (χ0n) is 9.92. The van der Waals surface area contributed by atoms with E-state index in [1.807, 2.05) is 6.92 Å². The highest BCUT2D eigenvalue weighted by Crippen LogP contribution is 2.18. The molecule has 0 aliphatic carbocycles. The summed E-state index contributed by atoms with van der Waals surface area (Å²) in [5.74, 6) is -1.33. The van der Waals surface area contributed by atoms with Crippen molar-refractivity contribution in [2.45, 2.75) is 25.9 Å². The molecule has 1 aliphatic rings. The van der Waals surface area contributed by atoms with Gasteiger partial charge in [0, 0.05) is 12.0 Å². The largest absolute Gasteiger partial charge is 0.478 e. The van der Waals surface area contributed by atoms with Crippen LogP contribution in [0.5, 0.6) is 0 Å². The molecule has 5 heteroatoms. The van der Waals surface area contributed by atoms with Gasteiger partial charge in [-0.15, -0.1) is 0 Å². The Bertz CT molecular complexity index is 521. The number of rotatable bonds is 4. The fraction of sp³-hybridized carbons (Fsp3) is 0.308. The molecule has 5 nitrogen and oxygen atoms in total. The number of aromatic carboxylic acids is 1. The third-order valence-corrected chi connectivity index (χ3v) is 2.75. The topological polar surface area (TPSA) is 76.0 Å². The Morgan fingerprint density at radius 3 is 2.61 bits per heavy atom. The zero-order chi connectivity index (χ0) is 13.1. The van der Waals surface area contributed by atoms with Crippen LogP contribution in [-0.4, -0.2) is 28.7 Å². The standard InChI is InChI=1S/C13H13NO4/c1-8-6-9(18-14-8)7-12(15)10-4-2-3-5-11(10)13(16)17/h2-5,9H,6-7H2,1H3,(H,16,17). The van der Waals surface area contributed by atoms with Crippen molar-refractivity contribution in [3.05, 3.63) is 35.4 Å². The number of nitrogens with zero attached hydrogens (tertiary/aromatic N) is 1. The lowest BCUT2D eigenvalue weighted by molar-refractivity contribution is 0.0640. The molecule has 1 aliphatic heterocycles. The number of carbonyl (C=O) groups excluding carboxylic acids is 1. The number of carboxylic acids is 1. The number of carbonyl (C=O) groups is 2. The van der Waals surface area contributed by atoms with Crippen LogP contribution in [0.2, 0.25) is 0 Å². The van der Waals surface area contributed by atoms with Crippen LogP contribution in [0.4, 0.5) is 0 Å². The van der Waals surface area contributed by atoms with Crippen LogP contribution < -0.4 is 0 Å². The van der Waals surface area contributed by atoms with Gasteiger partial charge in [0.25, 0.3) is 0 Å². The van der Waals surface area contributed by atoms with E-state index in [1.54, 1.807) is 12.1 Å². The fourth-order valence-electron chi connectivity index (χ4n) is 1.91. The molecule has 2 rings (SSSR count). The minimum absolute atomic E-state index is 0.0261. The van der Waals surface area contributed by atoms with Gasteiger partial charge in [0.15, 0.2) is 5.78 Å². The van der Waals surface area contributed by atoms with Crippen molar-refractivity contribution in [1.82, 2.24) is 0 Å². The monoisotopic (exact) mass is 247 g/mol. The van der Waals surface area contributed by atoms with Crippen LogP contribution in [0, 0.1) is 0 Å². The summed E-state index contributed by atoms with van der Waals surface area (Å²) in [6, 6.07) is 6.19. The second kappa shape index (κ2) is 5.00. The van der Waals surface area contributed by atoms with E-state index in [0.29, 0.717) is 6.42 Å². The third-order valence-electron chi connectivity index (χ3n) is 2.75. The molecule has 18 heavy (non-hydrogen) atoms. The number of oxime groups is 1. The highest BCUT2D eigenvalue weighted by molar-refractivity contribution is 6.06. The highest BCUT2D eigenvalue weighted by atomic mass is 16.6. The maximum Gasteiger partial charge on any atom is 0.336 e. The number of benzene rings is 1. The Morgan fingerprint density at radius 2 is 2.06 bits per heavy atom. The molecule has 1 atom stereocenters. The predicted octanol–water partition coefficient (Wildman–Crippen LogP) is 2.12. The van der Waals surface area contributed by atoms with Gasteiger partial charge in [-0.1, -0.05) is 23.4 Å². The molecule has 0 aromatic heterocycles. The maximum atomic E-state index is 12.0. The van der Waals surface area contributed by atoms with E-state index in [2.05, 4.69) is 5.16 Å². The molecule has 0 fully saturated rings. The van der Waals surface area contributed by atoms with Crippen LogP contribution in [-0.2, 0) is 4.84 Å². The lowest BCUT2D eigenvalue weighted by atomic mass is 9.98. The highest BCUT2D eigenvalue weighted by Gasteiger charge is 2.24. The molecule has 1 aromatic rings. The molecule has 1 heterocycles. The molecule has 0 amide bonds. The summed E-state index contributed by atoms with van der Waals surface area (Å²) in [7, 11) is 0. The second-order valence-corrected chi connectivity index (χ2v) is 4.24. The third kappa shape index (κ3) is 2.56. The first-order valence-electron chi connectivity index (χ1n) is 5.62. The average molecular weight is 247 g/mol. The van der Waals surface area contributed by atoms with Gasteiger partial charge >= 0.3 is 5.97 Å². The quantitative estimate of drug-likeness (QED) is 0.827. The first-order chi connectivity index (χ1) is 8.58. The number of Topliss-reactive ketones (excluding diaryl/α,β-unsaturated/α-hetero) is 1. The summed E-state index contributed by atoms with van der Waals surface area (Å²) < 4.78 is 0. The van der Waals surface area contributed by atoms with Crippen molar-refractivity contribution < 1.29 is 19.5 Å². The molecule has 94 valence electrons. The maximum absolute atomic E-state index is 12.0. The van der Waals surface area contributed by atoms with Crippen molar-refractivity contribution >= 4 is 17.5 Å². The minimum atomic E-state index is -1.10. The second-order valence-electron chi connectivity index (χ2n) is 4.24. The van der Waals surface area contributed by atoms with Crippen molar-refractivity contribution in [3.8, 4) is 0 Å². The van der Waals surface area contributed by atoms with E-state index in [0.717, 1.165) is 5.71 Å². The first kappa shape index (κ1) is 12.3. The fourth-order valence-corrected chi connectivity index (χ4v) is 1.91. The van der Waals surface area contributed by atoms with Crippen LogP contribution in [0.15, 0.2) is 29.4 Å². The van der Waals surface area contributed by atoms with Gasteiger partial charge in [-0.25, -0.2) is 4.79 Å². The normalized spacial score (nSPS) is 18.1.